The van der Waals surface area contributed by atoms with Gasteiger partial charge in [0.1, 0.15) is 11.4 Å². The van der Waals surface area contributed by atoms with Crippen LogP contribution < -0.4 is 26.8 Å². The molecular formula is C18H22N4O6. The lowest BCUT2D eigenvalue weighted by Gasteiger charge is -2.17. The Bertz CT molecular complexity index is 946. The van der Waals surface area contributed by atoms with Gasteiger partial charge in [0.2, 0.25) is 5.91 Å². The number of ether oxygens (including phenoxy) is 1. The van der Waals surface area contributed by atoms with E-state index in [0.717, 1.165) is 0 Å². The topological polar surface area (TPSA) is 137 Å². The van der Waals surface area contributed by atoms with Crippen LogP contribution in [0.1, 0.15) is 10.4 Å². The highest BCUT2D eigenvalue weighted by atomic mass is 16.5. The number of carbonyl (C=O) groups excluding carboxylic acids is 2. The van der Waals surface area contributed by atoms with Crippen LogP contribution in [0.15, 0.2) is 27.8 Å². The summed E-state index contributed by atoms with van der Waals surface area (Å²) in [5.74, 6) is -1.15. The first-order valence-corrected chi connectivity index (χ1v) is 8.41. The Morgan fingerprint density at radius 1 is 1.14 bits per heavy atom. The van der Waals surface area contributed by atoms with Crippen molar-refractivity contribution in [1.29, 1.82) is 0 Å². The second kappa shape index (κ2) is 9.00. The predicted molar refractivity (Wildman–Crippen MR) is 104 cm³/mol. The van der Waals surface area contributed by atoms with Gasteiger partial charge in [-0.05, 0) is 12.1 Å². The number of nitrogens with one attached hydrogen (secondary N) is 3. The molecule has 2 aromatic carbocycles. The van der Waals surface area contributed by atoms with E-state index in [2.05, 4.69) is 16.0 Å². The van der Waals surface area contributed by atoms with Gasteiger partial charge in [-0.1, -0.05) is 6.07 Å². The molecule has 0 aromatic heterocycles. The number of rotatable bonds is 9. The molecule has 0 spiro atoms. The minimum absolute atomic E-state index is 0.0423. The molecule has 0 heterocycles. The molecule has 0 bridgehead atoms. The summed E-state index contributed by atoms with van der Waals surface area (Å²) in [6.45, 7) is 0.447. The first-order chi connectivity index (χ1) is 13.3. The van der Waals surface area contributed by atoms with Crippen molar-refractivity contribution in [3.63, 3.8) is 0 Å². The monoisotopic (exact) mass is 390 g/mol. The van der Waals surface area contributed by atoms with E-state index >= 15 is 0 Å². The maximum Gasteiger partial charge on any atom is 0.257 e. The maximum absolute atomic E-state index is 12.1. The van der Waals surface area contributed by atoms with Crippen LogP contribution in [0.2, 0.25) is 0 Å². The van der Waals surface area contributed by atoms with Gasteiger partial charge in [0.15, 0.2) is 5.75 Å². The fraction of sp³-hybridized carbons (Fsp3) is 0.333. The third-order valence-corrected chi connectivity index (χ3v) is 3.90. The molecule has 2 aromatic rings. The third kappa shape index (κ3) is 4.46. The Hall–Kier alpha value is -3.40. The molecule has 28 heavy (non-hydrogen) atoms. The third-order valence-electron chi connectivity index (χ3n) is 3.90. The molecule has 0 radical (unpaired) electrons. The number of methoxy groups -OCH3 is 1. The lowest BCUT2D eigenvalue weighted by Crippen LogP contribution is -2.39. The van der Waals surface area contributed by atoms with Crippen molar-refractivity contribution in [2.24, 2.45) is 0 Å². The number of benzene rings is 1. The zero-order chi connectivity index (χ0) is 20.8. The number of para-hydroxylation sites is 1. The van der Waals surface area contributed by atoms with E-state index in [-0.39, 0.29) is 40.8 Å². The quantitative estimate of drug-likeness (QED) is 0.258. The summed E-state index contributed by atoms with van der Waals surface area (Å²) in [6.07, 6.45) is 0. The van der Waals surface area contributed by atoms with Gasteiger partial charge in [-0.2, -0.15) is 0 Å². The van der Waals surface area contributed by atoms with Crippen LogP contribution in [0.4, 0.5) is 17.1 Å². The van der Waals surface area contributed by atoms with Crippen molar-refractivity contribution >= 4 is 28.9 Å². The summed E-state index contributed by atoms with van der Waals surface area (Å²) in [6, 6.07) is 4.43. The Kier molecular flexibility index (Phi) is 6.72. The molecule has 10 nitrogen and oxygen atoms in total. The first-order valence-electron chi connectivity index (χ1n) is 8.41. The number of aromatic hydroxyl groups is 1. The van der Waals surface area contributed by atoms with Crippen LogP contribution in [-0.4, -0.2) is 62.7 Å². The molecule has 0 aliphatic rings. The van der Waals surface area contributed by atoms with Gasteiger partial charge >= 0.3 is 0 Å². The fourth-order valence-corrected chi connectivity index (χ4v) is 2.40. The summed E-state index contributed by atoms with van der Waals surface area (Å²) in [5.41, 5.74) is -1.57. The molecule has 2 rings (SSSR count). The number of phenolic OH excluding ortho intramolecular Hbond substituents is 1. The van der Waals surface area contributed by atoms with Crippen molar-refractivity contribution in [1.82, 2.24) is 10.2 Å². The van der Waals surface area contributed by atoms with Crippen LogP contribution in [-0.2, 0) is 9.53 Å². The zero-order valence-corrected chi connectivity index (χ0v) is 15.8. The number of amides is 2. The second-order valence-electron chi connectivity index (χ2n) is 6.13. The SMILES string of the molecule is COCCNC(=O)CNc1c(Nc2cccc(C(=O)N(C)C)c2O)c(=O)c1=O. The van der Waals surface area contributed by atoms with E-state index < -0.39 is 16.8 Å². The fourth-order valence-electron chi connectivity index (χ4n) is 2.40. The molecule has 0 atom stereocenters. The van der Waals surface area contributed by atoms with Crippen molar-refractivity contribution in [3.8, 4) is 5.75 Å². The minimum atomic E-state index is -0.786. The number of hydrogen-bond donors (Lipinski definition) is 4. The standard InChI is InChI=1S/C18H22N4O6/c1-22(2)18(27)10-5-4-6-11(15(10)24)21-14-13(16(25)17(14)26)20-9-12(23)19-7-8-28-3/h4-6,20-21,24H,7-9H2,1-3H3,(H,19,23). The molecule has 150 valence electrons. The molecule has 0 fully saturated rings. The van der Waals surface area contributed by atoms with Crippen LogP contribution in [0.3, 0.4) is 0 Å². The van der Waals surface area contributed by atoms with Gasteiger partial charge in [-0.25, -0.2) is 0 Å². The molecular weight excluding hydrogens is 368 g/mol. The van der Waals surface area contributed by atoms with E-state index in [1.165, 1.54) is 44.3 Å². The van der Waals surface area contributed by atoms with Gasteiger partial charge in [0.25, 0.3) is 16.8 Å². The first kappa shape index (κ1) is 20.9. The van der Waals surface area contributed by atoms with Gasteiger partial charge in [0, 0.05) is 27.7 Å². The van der Waals surface area contributed by atoms with Crippen LogP contribution in [0, 0.1) is 0 Å². The van der Waals surface area contributed by atoms with E-state index in [9.17, 15) is 24.3 Å². The maximum atomic E-state index is 12.1. The average molecular weight is 390 g/mol. The number of nitrogens with zero attached hydrogens (tertiary/aromatic N) is 1. The normalized spacial score (nSPS) is 10.5. The lowest BCUT2D eigenvalue weighted by molar-refractivity contribution is -0.119. The van der Waals surface area contributed by atoms with E-state index in [4.69, 9.17) is 4.74 Å². The van der Waals surface area contributed by atoms with Gasteiger partial charge in [-0.3, -0.25) is 19.2 Å². The van der Waals surface area contributed by atoms with Crippen LogP contribution in [0.5, 0.6) is 5.75 Å². The molecule has 10 heteroatoms. The molecule has 0 aliphatic carbocycles. The van der Waals surface area contributed by atoms with Crippen molar-refractivity contribution in [3.05, 3.63) is 44.2 Å². The highest BCUT2D eigenvalue weighted by Crippen LogP contribution is 2.31. The minimum Gasteiger partial charge on any atom is -0.505 e. The van der Waals surface area contributed by atoms with E-state index in [1.54, 1.807) is 0 Å². The van der Waals surface area contributed by atoms with Crippen LogP contribution >= 0.6 is 0 Å². The van der Waals surface area contributed by atoms with Crippen molar-refractivity contribution < 1.29 is 19.4 Å². The highest BCUT2D eigenvalue weighted by Gasteiger charge is 2.23. The van der Waals surface area contributed by atoms with Gasteiger partial charge < -0.3 is 30.7 Å². The molecule has 0 unspecified atom stereocenters. The Balaban J connectivity index is 2.14. The number of hydrogen-bond acceptors (Lipinski definition) is 8. The Morgan fingerprint density at radius 2 is 1.82 bits per heavy atom. The van der Waals surface area contributed by atoms with Gasteiger partial charge in [0.05, 0.1) is 24.4 Å². The van der Waals surface area contributed by atoms with E-state index in [0.29, 0.717) is 13.2 Å². The molecule has 0 saturated carbocycles. The summed E-state index contributed by atoms with van der Waals surface area (Å²) in [5, 5.41) is 18.2. The number of anilines is 3. The molecule has 4 N–H and O–H groups in total. The lowest BCUT2D eigenvalue weighted by atomic mass is 10.1. The average Bonchev–Trinajstić information content (AvgIpc) is 2.67. The smallest absolute Gasteiger partial charge is 0.257 e. The summed E-state index contributed by atoms with van der Waals surface area (Å²) >= 11 is 0. The summed E-state index contributed by atoms with van der Waals surface area (Å²) < 4.78 is 4.81. The Morgan fingerprint density at radius 3 is 2.46 bits per heavy atom. The molecule has 0 saturated heterocycles. The second-order valence-corrected chi connectivity index (χ2v) is 6.13. The zero-order valence-electron chi connectivity index (χ0n) is 15.8. The number of phenols is 1. The largest absolute Gasteiger partial charge is 0.505 e. The van der Waals surface area contributed by atoms with Crippen molar-refractivity contribution in [2.45, 2.75) is 0 Å². The molecule has 0 aliphatic heterocycles. The summed E-state index contributed by atoms with van der Waals surface area (Å²) in [4.78, 5) is 48.8. The van der Waals surface area contributed by atoms with Crippen LogP contribution in [0.25, 0.3) is 0 Å². The predicted octanol–water partition coefficient (Wildman–Crippen LogP) is -0.392. The van der Waals surface area contributed by atoms with Crippen molar-refractivity contribution in [2.75, 3.05) is 51.5 Å². The number of carbonyl (C=O) groups is 2. The van der Waals surface area contributed by atoms with Gasteiger partial charge in [-0.15, -0.1) is 0 Å². The van der Waals surface area contributed by atoms with E-state index in [1.807, 2.05) is 0 Å². The Labute approximate surface area is 160 Å². The highest BCUT2D eigenvalue weighted by molar-refractivity contribution is 5.99. The molecule has 2 amide bonds. The summed E-state index contributed by atoms with van der Waals surface area (Å²) in [7, 11) is 4.58.